The Morgan fingerprint density at radius 2 is 1.95 bits per heavy atom. The summed E-state index contributed by atoms with van der Waals surface area (Å²) in [5.74, 6) is 0.717. The number of nitrogens with one attached hydrogen (secondary N) is 1. The first-order valence-electron chi connectivity index (χ1n) is 7.80. The van der Waals surface area contributed by atoms with Crippen molar-refractivity contribution in [1.82, 2.24) is 10.2 Å². The fourth-order valence-corrected chi connectivity index (χ4v) is 3.31. The van der Waals surface area contributed by atoms with E-state index in [4.69, 9.17) is 0 Å². The predicted octanol–water partition coefficient (Wildman–Crippen LogP) is 3.52. The lowest BCUT2D eigenvalue weighted by molar-refractivity contribution is 0.0479. The molecular formula is C15H30F2N2. The zero-order chi connectivity index (χ0) is 14.3. The highest BCUT2D eigenvalue weighted by Gasteiger charge is 2.33. The summed E-state index contributed by atoms with van der Waals surface area (Å²) in [5, 5.41) is 3.55. The third-order valence-corrected chi connectivity index (χ3v) is 4.27. The van der Waals surface area contributed by atoms with Crippen molar-refractivity contribution in [3.8, 4) is 0 Å². The van der Waals surface area contributed by atoms with Gasteiger partial charge in [0.25, 0.3) is 6.43 Å². The van der Waals surface area contributed by atoms with Crippen LogP contribution in [0.15, 0.2) is 0 Å². The lowest BCUT2D eigenvalue weighted by atomic mass is 9.79. The van der Waals surface area contributed by atoms with Crippen molar-refractivity contribution in [3.63, 3.8) is 0 Å². The monoisotopic (exact) mass is 276 g/mol. The molecular weight excluding hydrogens is 246 g/mol. The summed E-state index contributed by atoms with van der Waals surface area (Å²) in [7, 11) is 1.85. The highest BCUT2D eigenvalue weighted by molar-refractivity contribution is 4.90. The second-order valence-corrected chi connectivity index (χ2v) is 5.93. The number of nitrogens with zero attached hydrogens (tertiary/aromatic N) is 1. The van der Waals surface area contributed by atoms with Gasteiger partial charge in [0.05, 0.1) is 6.54 Å². The van der Waals surface area contributed by atoms with E-state index in [2.05, 4.69) is 19.2 Å². The van der Waals surface area contributed by atoms with Gasteiger partial charge in [-0.2, -0.15) is 0 Å². The molecule has 4 heteroatoms. The molecule has 1 N–H and O–H groups in total. The van der Waals surface area contributed by atoms with Gasteiger partial charge in [0.2, 0.25) is 0 Å². The number of rotatable bonds is 8. The first-order chi connectivity index (χ1) is 9.08. The number of likely N-dealkylation sites (N-methyl/N-ethyl adjacent to an activating group) is 1. The summed E-state index contributed by atoms with van der Waals surface area (Å²) in [6.45, 7) is 5.24. The summed E-state index contributed by atoms with van der Waals surface area (Å²) < 4.78 is 25.2. The van der Waals surface area contributed by atoms with Crippen molar-refractivity contribution in [2.75, 3.05) is 20.1 Å². The van der Waals surface area contributed by atoms with Crippen LogP contribution in [0.3, 0.4) is 0 Å². The molecule has 1 saturated carbocycles. The molecule has 2 nitrogen and oxygen atoms in total. The SMILES string of the molecule is CCCNC1CCC(CCC)CC1N(C)CC(F)F. The third-order valence-electron chi connectivity index (χ3n) is 4.27. The Labute approximate surface area is 116 Å². The smallest absolute Gasteiger partial charge is 0.251 e. The van der Waals surface area contributed by atoms with E-state index in [0.29, 0.717) is 6.04 Å². The fourth-order valence-electron chi connectivity index (χ4n) is 3.31. The topological polar surface area (TPSA) is 15.3 Å². The van der Waals surface area contributed by atoms with Gasteiger partial charge in [-0.3, -0.25) is 4.90 Å². The van der Waals surface area contributed by atoms with E-state index >= 15 is 0 Å². The number of hydrogen-bond acceptors (Lipinski definition) is 2. The predicted molar refractivity (Wildman–Crippen MR) is 76.8 cm³/mol. The van der Waals surface area contributed by atoms with Gasteiger partial charge >= 0.3 is 0 Å². The van der Waals surface area contributed by atoms with Crippen LogP contribution in [0.2, 0.25) is 0 Å². The minimum Gasteiger partial charge on any atom is -0.312 e. The standard InChI is InChI=1S/C15H30F2N2/c1-4-6-12-7-8-13(18-9-5-2)14(10-12)19(3)11-15(16)17/h12-15,18H,4-11H2,1-3H3. The molecule has 0 aromatic rings. The Bertz CT molecular complexity index is 236. The Hall–Kier alpha value is -0.220. The average molecular weight is 276 g/mol. The van der Waals surface area contributed by atoms with Crippen LogP contribution in [0.5, 0.6) is 0 Å². The number of alkyl halides is 2. The average Bonchev–Trinajstić information content (AvgIpc) is 2.36. The summed E-state index contributed by atoms with van der Waals surface area (Å²) in [5.41, 5.74) is 0. The Morgan fingerprint density at radius 1 is 1.21 bits per heavy atom. The molecule has 0 saturated heterocycles. The van der Waals surface area contributed by atoms with Crippen molar-refractivity contribution in [3.05, 3.63) is 0 Å². The van der Waals surface area contributed by atoms with E-state index in [1.54, 1.807) is 0 Å². The maximum Gasteiger partial charge on any atom is 0.251 e. The third kappa shape index (κ3) is 5.74. The van der Waals surface area contributed by atoms with E-state index in [9.17, 15) is 8.78 Å². The van der Waals surface area contributed by atoms with Gasteiger partial charge in [0, 0.05) is 12.1 Å². The van der Waals surface area contributed by atoms with Crippen molar-refractivity contribution in [1.29, 1.82) is 0 Å². The molecule has 1 rings (SSSR count). The molecule has 0 amide bonds. The van der Waals surface area contributed by atoms with Crippen LogP contribution in [-0.2, 0) is 0 Å². The number of halogens is 2. The molecule has 0 heterocycles. The van der Waals surface area contributed by atoms with E-state index in [0.717, 1.165) is 31.7 Å². The van der Waals surface area contributed by atoms with Crippen molar-refractivity contribution >= 4 is 0 Å². The van der Waals surface area contributed by atoms with Crippen molar-refractivity contribution in [2.24, 2.45) is 5.92 Å². The summed E-state index contributed by atoms with van der Waals surface area (Å²) >= 11 is 0. The molecule has 1 aliphatic rings. The Kier molecular flexibility index (Phi) is 7.84. The van der Waals surface area contributed by atoms with Crippen LogP contribution in [0.4, 0.5) is 8.78 Å². The van der Waals surface area contributed by atoms with E-state index in [1.807, 2.05) is 11.9 Å². The minimum absolute atomic E-state index is 0.103. The Morgan fingerprint density at radius 3 is 2.53 bits per heavy atom. The second-order valence-electron chi connectivity index (χ2n) is 5.93. The quantitative estimate of drug-likeness (QED) is 0.729. The van der Waals surface area contributed by atoms with Crippen LogP contribution in [-0.4, -0.2) is 43.5 Å². The minimum atomic E-state index is -2.23. The summed E-state index contributed by atoms with van der Waals surface area (Å²) in [6, 6.07) is 0.655. The molecule has 0 radical (unpaired) electrons. The fraction of sp³-hybridized carbons (Fsp3) is 1.00. The van der Waals surface area contributed by atoms with Gasteiger partial charge in [-0.05, 0) is 45.2 Å². The van der Waals surface area contributed by atoms with E-state index in [1.165, 1.54) is 19.3 Å². The molecule has 3 atom stereocenters. The van der Waals surface area contributed by atoms with Crippen molar-refractivity contribution < 1.29 is 8.78 Å². The Balaban J connectivity index is 2.58. The first kappa shape index (κ1) is 16.8. The summed E-state index contributed by atoms with van der Waals surface area (Å²) in [6.07, 6.45) is 4.74. The van der Waals surface area contributed by atoms with Gasteiger partial charge in [-0.1, -0.05) is 26.7 Å². The molecule has 114 valence electrons. The van der Waals surface area contributed by atoms with Crippen LogP contribution < -0.4 is 5.32 Å². The van der Waals surface area contributed by atoms with Gasteiger partial charge in [-0.25, -0.2) is 8.78 Å². The van der Waals surface area contributed by atoms with Gasteiger partial charge in [0.15, 0.2) is 0 Å². The molecule has 1 aliphatic carbocycles. The van der Waals surface area contributed by atoms with Crippen LogP contribution in [0, 0.1) is 5.92 Å². The normalized spacial score (nSPS) is 28.3. The molecule has 0 aromatic carbocycles. The van der Waals surface area contributed by atoms with Crippen LogP contribution >= 0.6 is 0 Å². The molecule has 0 spiro atoms. The van der Waals surface area contributed by atoms with Crippen LogP contribution in [0.1, 0.15) is 52.4 Å². The lowest BCUT2D eigenvalue weighted by Gasteiger charge is -2.41. The van der Waals surface area contributed by atoms with E-state index < -0.39 is 6.43 Å². The van der Waals surface area contributed by atoms with Gasteiger partial charge < -0.3 is 5.32 Å². The van der Waals surface area contributed by atoms with E-state index in [-0.39, 0.29) is 12.6 Å². The molecule has 3 unspecified atom stereocenters. The zero-order valence-electron chi connectivity index (χ0n) is 12.7. The highest BCUT2D eigenvalue weighted by atomic mass is 19.3. The van der Waals surface area contributed by atoms with Gasteiger partial charge in [0.1, 0.15) is 0 Å². The molecule has 0 aliphatic heterocycles. The molecule has 19 heavy (non-hydrogen) atoms. The van der Waals surface area contributed by atoms with Crippen molar-refractivity contribution in [2.45, 2.75) is 70.9 Å². The lowest BCUT2D eigenvalue weighted by Crippen LogP contribution is -2.53. The number of hydrogen-bond donors (Lipinski definition) is 1. The van der Waals surface area contributed by atoms with Crippen LogP contribution in [0.25, 0.3) is 0 Å². The molecule has 1 fully saturated rings. The molecule has 0 bridgehead atoms. The first-order valence-corrected chi connectivity index (χ1v) is 7.80. The molecule has 0 aromatic heterocycles. The van der Waals surface area contributed by atoms with Gasteiger partial charge in [-0.15, -0.1) is 0 Å². The highest BCUT2D eigenvalue weighted by Crippen LogP contribution is 2.31. The maximum absolute atomic E-state index is 12.6. The maximum atomic E-state index is 12.6. The summed E-state index contributed by atoms with van der Waals surface area (Å²) in [4.78, 5) is 1.87. The largest absolute Gasteiger partial charge is 0.312 e. The second kappa shape index (κ2) is 8.85. The zero-order valence-corrected chi connectivity index (χ0v) is 12.7.